The standard InChI is InChI=1S/C11H12O3/c1-2-9-5-3-4-6-10(9)11(13)14-8-7-12/h3-7H,2,8H2,1H3. The van der Waals surface area contributed by atoms with E-state index in [2.05, 4.69) is 0 Å². The Morgan fingerprint density at radius 1 is 1.43 bits per heavy atom. The zero-order chi connectivity index (χ0) is 10.4. The molecule has 0 aliphatic heterocycles. The molecule has 0 amide bonds. The van der Waals surface area contributed by atoms with Crippen molar-refractivity contribution in [1.82, 2.24) is 0 Å². The molecule has 0 saturated heterocycles. The Labute approximate surface area is 82.7 Å². The number of hydrogen-bond donors (Lipinski definition) is 0. The molecule has 3 nitrogen and oxygen atoms in total. The zero-order valence-electron chi connectivity index (χ0n) is 8.03. The van der Waals surface area contributed by atoms with E-state index in [1.54, 1.807) is 12.1 Å². The van der Waals surface area contributed by atoms with Gasteiger partial charge in [0, 0.05) is 0 Å². The normalized spacial score (nSPS) is 9.50. The first-order chi connectivity index (χ1) is 6.79. The summed E-state index contributed by atoms with van der Waals surface area (Å²) in [6.07, 6.45) is 1.33. The van der Waals surface area contributed by atoms with Gasteiger partial charge in [-0.25, -0.2) is 4.79 Å². The van der Waals surface area contributed by atoms with Gasteiger partial charge in [-0.05, 0) is 18.1 Å². The zero-order valence-corrected chi connectivity index (χ0v) is 8.03. The number of aldehydes is 1. The summed E-state index contributed by atoms with van der Waals surface area (Å²) in [4.78, 5) is 21.4. The van der Waals surface area contributed by atoms with Crippen LogP contribution in [-0.4, -0.2) is 18.9 Å². The molecular formula is C11H12O3. The molecule has 0 aliphatic carbocycles. The molecule has 0 bridgehead atoms. The maximum absolute atomic E-state index is 11.4. The molecule has 0 atom stereocenters. The second-order valence-electron chi connectivity index (χ2n) is 2.78. The number of aryl methyl sites for hydroxylation is 1. The minimum atomic E-state index is -0.436. The predicted octanol–water partition coefficient (Wildman–Crippen LogP) is 1.60. The maximum atomic E-state index is 11.4. The predicted molar refractivity (Wildman–Crippen MR) is 52.2 cm³/mol. The minimum Gasteiger partial charge on any atom is -0.454 e. The highest BCUT2D eigenvalue weighted by molar-refractivity contribution is 5.91. The highest BCUT2D eigenvalue weighted by Crippen LogP contribution is 2.10. The Hall–Kier alpha value is -1.64. The van der Waals surface area contributed by atoms with Gasteiger partial charge in [0.2, 0.25) is 0 Å². The summed E-state index contributed by atoms with van der Waals surface area (Å²) in [6, 6.07) is 7.22. The molecule has 0 N–H and O–H groups in total. The van der Waals surface area contributed by atoms with E-state index in [-0.39, 0.29) is 6.61 Å². The summed E-state index contributed by atoms with van der Waals surface area (Å²) in [5.41, 5.74) is 1.47. The van der Waals surface area contributed by atoms with E-state index in [9.17, 15) is 9.59 Å². The lowest BCUT2D eigenvalue weighted by Crippen LogP contribution is -2.09. The number of carbonyl (C=O) groups excluding carboxylic acids is 2. The van der Waals surface area contributed by atoms with Crippen molar-refractivity contribution in [2.24, 2.45) is 0 Å². The second kappa shape index (κ2) is 5.17. The molecule has 0 unspecified atom stereocenters. The van der Waals surface area contributed by atoms with E-state index in [0.29, 0.717) is 11.8 Å². The Balaban J connectivity index is 2.82. The van der Waals surface area contributed by atoms with Crippen molar-refractivity contribution in [1.29, 1.82) is 0 Å². The van der Waals surface area contributed by atoms with Crippen molar-refractivity contribution in [2.45, 2.75) is 13.3 Å². The topological polar surface area (TPSA) is 43.4 Å². The van der Waals surface area contributed by atoms with Gasteiger partial charge in [-0.3, -0.25) is 4.79 Å². The number of esters is 1. The summed E-state index contributed by atoms with van der Waals surface area (Å²) in [7, 11) is 0. The van der Waals surface area contributed by atoms with E-state index in [0.717, 1.165) is 12.0 Å². The van der Waals surface area contributed by atoms with Crippen molar-refractivity contribution >= 4 is 12.3 Å². The Bertz CT molecular complexity index is 331. The SMILES string of the molecule is CCc1ccccc1C(=O)OCC=O. The summed E-state index contributed by atoms with van der Waals surface area (Å²) in [5.74, 6) is -0.436. The molecule has 0 saturated carbocycles. The van der Waals surface area contributed by atoms with Crippen LogP contribution in [0, 0.1) is 0 Å². The van der Waals surface area contributed by atoms with Gasteiger partial charge in [-0.1, -0.05) is 25.1 Å². The molecular weight excluding hydrogens is 180 g/mol. The second-order valence-corrected chi connectivity index (χ2v) is 2.78. The van der Waals surface area contributed by atoms with Gasteiger partial charge >= 0.3 is 5.97 Å². The summed E-state index contributed by atoms with van der Waals surface area (Å²) >= 11 is 0. The fourth-order valence-corrected chi connectivity index (χ4v) is 1.22. The lowest BCUT2D eigenvalue weighted by atomic mass is 10.1. The largest absolute Gasteiger partial charge is 0.454 e. The maximum Gasteiger partial charge on any atom is 0.338 e. The smallest absolute Gasteiger partial charge is 0.338 e. The molecule has 0 heterocycles. The fraction of sp³-hybridized carbons (Fsp3) is 0.273. The van der Waals surface area contributed by atoms with Crippen LogP contribution < -0.4 is 0 Å². The van der Waals surface area contributed by atoms with Crippen LogP contribution >= 0.6 is 0 Å². The van der Waals surface area contributed by atoms with Crippen LogP contribution in [0.3, 0.4) is 0 Å². The number of benzene rings is 1. The van der Waals surface area contributed by atoms with Gasteiger partial charge in [0.05, 0.1) is 5.56 Å². The van der Waals surface area contributed by atoms with Crippen molar-refractivity contribution in [3.63, 3.8) is 0 Å². The molecule has 0 fully saturated rings. The molecule has 3 heteroatoms. The Morgan fingerprint density at radius 3 is 2.79 bits per heavy atom. The van der Waals surface area contributed by atoms with Crippen LogP contribution in [0.25, 0.3) is 0 Å². The van der Waals surface area contributed by atoms with Crippen molar-refractivity contribution in [2.75, 3.05) is 6.61 Å². The van der Waals surface area contributed by atoms with Crippen molar-refractivity contribution in [3.05, 3.63) is 35.4 Å². The van der Waals surface area contributed by atoms with Crippen molar-refractivity contribution < 1.29 is 14.3 Å². The number of rotatable bonds is 4. The Morgan fingerprint density at radius 2 is 2.14 bits per heavy atom. The first-order valence-corrected chi connectivity index (χ1v) is 4.48. The summed E-state index contributed by atoms with van der Waals surface area (Å²) < 4.78 is 4.71. The number of carbonyl (C=O) groups is 2. The van der Waals surface area contributed by atoms with Crippen LogP contribution in [0.4, 0.5) is 0 Å². The molecule has 1 rings (SSSR count). The van der Waals surface area contributed by atoms with Gasteiger partial charge < -0.3 is 4.74 Å². The third-order valence-electron chi connectivity index (χ3n) is 1.90. The average Bonchev–Trinajstić information content (AvgIpc) is 2.25. The Kier molecular flexibility index (Phi) is 3.85. The molecule has 14 heavy (non-hydrogen) atoms. The van der Waals surface area contributed by atoms with Crippen LogP contribution in [-0.2, 0) is 16.0 Å². The van der Waals surface area contributed by atoms with Crippen LogP contribution in [0.5, 0.6) is 0 Å². The molecule has 0 aromatic heterocycles. The monoisotopic (exact) mass is 192 g/mol. The van der Waals surface area contributed by atoms with Gasteiger partial charge in [0.25, 0.3) is 0 Å². The average molecular weight is 192 g/mol. The van der Waals surface area contributed by atoms with Gasteiger partial charge in [-0.15, -0.1) is 0 Å². The van der Waals surface area contributed by atoms with E-state index in [1.165, 1.54) is 0 Å². The van der Waals surface area contributed by atoms with E-state index < -0.39 is 5.97 Å². The third kappa shape index (κ3) is 2.42. The van der Waals surface area contributed by atoms with E-state index >= 15 is 0 Å². The highest BCUT2D eigenvalue weighted by atomic mass is 16.5. The summed E-state index contributed by atoms with van der Waals surface area (Å²) in [6.45, 7) is 1.78. The van der Waals surface area contributed by atoms with Crippen LogP contribution in [0.1, 0.15) is 22.8 Å². The molecule has 1 aromatic carbocycles. The molecule has 1 aromatic rings. The highest BCUT2D eigenvalue weighted by Gasteiger charge is 2.09. The molecule has 0 aliphatic rings. The first kappa shape index (κ1) is 10.4. The number of hydrogen-bond acceptors (Lipinski definition) is 3. The fourth-order valence-electron chi connectivity index (χ4n) is 1.22. The molecule has 0 radical (unpaired) electrons. The first-order valence-electron chi connectivity index (χ1n) is 4.48. The number of ether oxygens (including phenoxy) is 1. The quantitative estimate of drug-likeness (QED) is 0.537. The van der Waals surface area contributed by atoms with Crippen LogP contribution in [0.15, 0.2) is 24.3 Å². The van der Waals surface area contributed by atoms with E-state index in [1.807, 2.05) is 19.1 Å². The molecule has 74 valence electrons. The lowest BCUT2D eigenvalue weighted by molar-refractivity contribution is -0.110. The van der Waals surface area contributed by atoms with Gasteiger partial charge in [0.15, 0.2) is 6.29 Å². The lowest BCUT2D eigenvalue weighted by Gasteiger charge is -2.05. The van der Waals surface area contributed by atoms with E-state index in [4.69, 9.17) is 4.74 Å². The molecule has 0 spiro atoms. The van der Waals surface area contributed by atoms with Gasteiger partial charge in [-0.2, -0.15) is 0 Å². The minimum absolute atomic E-state index is 0.184. The third-order valence-corrected chi connectivity index (χ3v) is 1.90. The van der Waals surface area contributed by atoms with Crippen LogP contribution in [0.2, 0.25) is 0 Å². The summed E-state index contributed by atoms with van der Waals surface area (Å²) in [5, 5.41) is 0. The van der Waals surface area contributed by atoms with Gasteiger partial charge in [0.1, 0.15) is 6.61 Å². The van der Waals surface area contributed by atoms with Crippen molar-refractivity contribution in [3.8, 4) is 0 Å².